The van der Waals surface area contributed by atoms with E-state index in [-0.39, 0.29) is 43.4 Å². The first-order valence-corrected chi connectivity index (χ1v) is 8.67. The molecule has 0 spiro atoms. The summed E-state index contributed by atoms with van der Waals surface area (Å²) in [6.07, 6.45) is 0. The number of nitrogens with zero attached hydrogens (tertiary/aromatic N) is 3. The molecule has 0 saturated carbocycles. The van der Waals surface area contributed by atoms with Crippen molar-refractivity contribution in [1.29, 1.82) is 0 Å². The highest BCUT2D eigenvalue weighted by atomic mass is 35.5. The molecule has 25 heavy (non-hydrogen) atoms. The zero-order valence-corrected chi connectivity index (χ0v) is 15.8. The Labute approximate surface area is 153 Å². The van der Waals surface area contributed by atoms with Crippen molar-refractivity contribution in [2.45, 2.75) is 27.7 Å². The molecule has 1 aliphatic heterocycles. The number of hydrogen-bond acceptors (Lipinski definition) is 3. The lowest BCUT2D eigenvalue weighted by Gasteiger charge is -2.25. The predicted molar refractivity (Wildman–Crippen MR) is 97.3 cm³/mol. The second-order valence-electron chi connectivity index (χ2n) is 6.73. The van der Waals surface area contributed by atoms with Crippen LogP contribution < -0.4 is 4.90 Å². The van der Waals surface area contributed by atoms with E-state index in [0.29, 0.717) is 17.3 Å². The van der Waals surface area contributed by atoms with Gasteiger partial charge in [-0.1, -0.05) is 31.5 Å². The van der Waals surface area contributed by atoms with Crippen molar-refractivity contribution in [1.82, 2.24) is 9.80 Å². The number of hydrogen-bond donors (Lipinski definition) is 0. The Hall–Kier alpha value is -2.08. The first-order valence-electron chi connectivity index (χ1n) is 8.29. The Bertz CT molecular complexity index is 690. The van der Waals surface area contributed by atoms with Crippen LogP contribution in [0.25, 0.3) is 0 Å². The number of amides is 3. The third-order valence-corrected chi connectivity index (χ3v) is 4.59. The molecule has 0 N–H and O–H groups in total. The predicted octanol–water partition coefficient (Wildman–Crippen LogP) is 2.29. The van der Waals surface area contributed by atoms with Crippen LogP contribution in [-0.2, 0) is 14.4 Å². The summed E-state index contributed by atoms with van der Waals surface area (Å²) >= 11 is 6.13. The monoisotopic (exact) mass is 365 g/mol. The summed E-state index contributed by atoms with van der Waals surface area (Å²) in [6.45, 7) is 7.96. The molecule has 0 bridgehead atoms. The van der Waals surface area contributed by atoms with Gasteiger partial charge in [0, 0.05) is 24.2 Å². The molecule has 2 rings (SSSR count). The minimum Gasteiger partial charge on any atom is -0.333 e. The summed E-state index contributed by atoms with van der Waals surface area (Å²) in [5.74, 6) is -0.263. The van der Waals surface area contributed by atoms with E-state index >= 15 is 0 Å². The molecule has 1 fully saturated rings. The fourth-order valence-electron chi connectivity index (χ4n) is 2.82. The van der Waals surface area contributed by atoms with Crippen LogP contribution in [0.4, 0.5) is 5.69 Å². The van der Waals surface area contributed by atoms with Gasteiger partial charge in [-0.15, -0.1) is 0 Å². The Morgan fingerprint density at radius 3 is 2.60 bits per heavy atom. The topological polar surface area (TPSA) is 60.9 Å². The van der Waals surface area contributed by atoms with Crippen molar-refractivity contribution in [2.24, 2.45) is 5.92 Å². The maximum absolute atomic E-state index is 12.5. The van der Waals surface area contributed by atoms with Crippen molar-refractivity contribution in [2.75, 3.05) is 31.2 Å². The lowest BCUT2D eigenvalue weighted by atomic mass is 10.2. The number of halogens is 1. The Morgan fingerprint density at radius 1 is 1.32 bits per heavy atom. The summed E-state index contributed by atoms with van der Waals surface area (Å²) in [5.41, 5.74) is 1.51. The molecule has 7 heteroatoms. The van der Waals surface area contributed by atoms with Gasteiger partial charge < -0.3 is 9.80 Å². The van der Waals surface area contributed by atoms with Crippen LogP contribution in [0, 0.1) is 12.8 Å². The van der Waals surface area contributed by atoms with Crippen LogP contribution >= 0.6 is 11.6 Å². The Kier molecular flexibility index (Phi) is 6.06. The second kappa shape index (κ2) is 7.87. The van der Waals surface area contributed by atoms with Crippen molar-refractivity contribution >= 4 is 35.0 Å². The lowest BCUT2D eigenvalue weighted by Crippen LogP contribution is -2.43. The van der Waals surface area contributed by atoms with E-state index in [9.17, 15) is 14.4 Å². The summed E-state index contributed by atoms with van der Waals surface area (Å²) in [5, 5.41) is 0.578. The highest BCUT2D eigenvalue weighted by Crippen LogP contribution is 2.28. The highest BCUT2D eigenvalue weighted by molar-refractivity contribution is 6.31. The minimum atomic E-state index is -0.230. The molecule has 0 radical (unpaired) electrons. The van der Waals surface area contributed by atoms with Gasteiger partial charge in [0.2, 0.25) is 17.7 Å². The largest absolute Gasteiger partial charge is 0.333 e. The molecule has 1 aromatic rings. The average molecular weight is 366 g/mol. The molecule has 6 nitrogen and oxygen atoms in total. The third-order valence-electron chi connectivity index (χ3n) is 4.18. The van der Waals surface area contributed by atoms with E-state index in [2.05, 4.69) is 0 Å². The van der Waals surface area contributed by atoms with E-state index in [1.807, 2.05) is 26.8 Å². The standard InChI is InChI=1S/C18H24ClN3O3/c1-12(2)8-20(14(4)23)9-17(24)21-10-18(25)22(11-21)16-7-5-6-15(19)13(16)3/h5-7,12H,8-11H2,1-4H3. The molecular weight excluding hydrogens is 342 g/mol. The zero-order valence-electron chi connectivity index (χ0n) is 15.1. The molecule has 0 aromatic heterocycles. The zero-order chi connectivity index (χ0) is 18.7. The highest BCUT2D eigenvalue weighted by Gasteiger charge is 2.33. The van der Waals surface area contributed by atoms with Gasteiger partial charge in [0.1, 0.15) is 13.2 Å². The third kappa shape index (κ3) is 4.51. The first-order chi connectivity index (χ1) is 11.7. The fraction of sp³-hybridized carbons (Fsp3) is 0.500. The van der Waals surface area contributed by atoms with Crippen molar-refractivity contribution < 1.29 is 14.4 Å². The van der Waals surface area contributed by atoms with Crippen molar-refractivity contribution in [3.63, 3.8) is 0 Å². The molecule has 3 amide bonds. The Balaban J connectivity index is 2.10. The molecule has 136 valence electrons. The summed E-state index contributed by atoms with van der Waals surface area (Å²) in [6, 6.07) is 5.36. The average Bonchev–Trinajstić information content (AvgIpc) is 2.90. The SMILES string of the molecule is CC(=O)N(CC(=O)N1CC(=O)N(c2cccc(Cl)c2C)C1)CC(C)C. The quantitative estimate of drug-likeness (QED) is 0.804. The number of carbonyl (C=O) groups excluding carboxylic acids is 3. The van der Waals surface area contributed by atoms with Crippen LogP contribution in [-0.4, -0.2) is 53.8 Å². The van der Waals surface area contributed by atoms with Gasteiger partial charge in [-0.25, -0.2) is 0 Å². The van der Waals surface area contributed by atoms with E-state index in [0.717, 1.165) is 5.56 Å². The van der Waals surface area contributed by atoms with Crippen LogP contribution in [0.2, 0.25) is 5.02 Å². The summed E-state index contributed by atoms with van der Waals surface area (Å²) < 4.78 is 0. The fourth-order valence-corrected chi connectivity index (χ4v) is 2.99. The molecule has 0 aliphatic carbocycles. The maximum atomic E-state index is 12.5. The van der Waals surface area contributed by atoms with Crippen LogP contribution in [0.5, 0.6) is 0 Å². The normalized spacial score (nSPS) is 14.4. The van der Waals surface area contributed by atoms with Gasteiger partial charge in [0.05, 0.1) is 6.54 Å². The van der Waals surface area contributed by atoms with Gasteiger partial charge in [-0.05, 0) is 30.5 Å². The lowest BCUT2D eigenvalue weighted by molar-refractivity contribution is -0.139. The number of rotatable bonds is 5. The molecule has 1 aliphatic rings. The van der Waals surface area contributed by atoms with Crippen LogP contribution in [0.1, 0.15) is 26.3 Å². The van der Waals surface area contributed by atoms with E-state index in [4.69, 9.17) is 11.6 Å². The van der Waals surface area contributed by atoms with Gasteiger partial charge in [-0.2, -0.15) is 0 Å². The van der Waals surface area contributed by atoms with Gasteiger partial charge >= 0.3 is 0 Å². The summed E-state index contributed by atoms with van der Waals surface area (Å²) in [4.78, 5) is 41.2. The molecule has 1 heterocycles. The Morgan fingerprint density at radius 2 is 2.00 bits per heavy atom. The van der Waals surface area contributed by atoms with Gasteiger partial charge in [0.15, 0.2) is 0 Å². The number of carbonyl (C=O) groups is 3. The van der Waals surface area contributed by atoms with Crippen LogP contribution in [0.15, 0.2) is 18.2 Å². The molecule has 1 aromatic carbocycles. The smallest absolute Gasteiger partial charge is 0.248 e. The van der Waals surface area contributed by atoms with E-state index < -0.39 is 0 Å². The molecule has 0 unspecified atom stereocenters. The van der Waals surface area contributed by atoms with Crippen molar-refractivity contribution in [3.8, 4) is 0 Å². The second-order valence-corrected chi connectivity index (χ2v) is 7.14. The minimum absolute atomic E-state index is 0.0108. The van der Waals surface area contributed by atoms with E-state index in [1.54, 1.807) is 17.0 Å². The maximum Gasteiger partial charge on any atom is 0.248 e. The van der Waals surface area contributed by atoms with Gasteiger partial charge in [-0.3, -0.25) is 19.3 Å². The van der Waals surface area contributed by atoms with E-state index in [1.165, 1.54) is 16.7 Å². The molecule has 0 atom stereocenters. The van der Waals surface area contributed by atoms with Crippen molar-refractivity contribution in [3.05, 3.63) is 28.8 Å². The van der Waals surface area contributed by atoms with Crippen LogP contribution in [0.3, 0.4) is 0 Å². The number of benzene rings is 1. The van der Waals surface area contributed by atoms with Gasteiger partial charge in [0.25, 0.3) is 0 Å². The first kappa shape index (κ1) is 19.2. The number of anilines is 1. The molecular formula is C18H24ClN3O3. The summed E-state index contributed by atoms with van der Waals surface area (Å²) in [7, 11) is 0. The molecule has 1 saturated heterocycles.